The molecule has 1 unspecified atom stereocenters. The van der Waals surface area contributed by atoms with Crippen LogP contribution in [-0.2, 0) is 37.9 Å². The standard InChI is InChI=1S/C34H32BrN3O5/c1-23(31(39)36-21-24-12-6-4-7-13-24)38(32(40)27-16-10-11-17-29(27)35)26-18-19-30-28(20-26)34(42-2,43-3)33(41)37(30)22-25-14-8-5-9-15-25/h4-20,23H,21-22H2,1-3H3,(H,36,39). The number of anilines is 2. The highest BCUT2D eigenvalue weighted by Crippen LogP contribution is 2.45. The summed E-state index contributed by atoms with van der Waals surface area (Å²) in [4.78, 5) is 44.5. The van der Waals surface area contributed by atoms with Gasteiger partial charge in [0.2, 0.25) is 5.91 Å². The van der Waals surface area contributed by atoms with Gasteiger partial charge in [0, 0.05) is 36.5 Å². The van der Waals surface area contributed by atoms with Crippen molar-refractivity contribution in [3.63, 3.8) is 0 Å². The van der Waals surface area contributed by atoms with Gasteiger partial charge in [-0.15, -0.1) is 0 Å². The summed E-state index contributed by atoms with van der Waals surface area (Å²) in [6.07, 6.45) is 0. The van der Waals surface area contributed by atoms with Crippen LogP contribution in [0.15, 0.2) is 108 Å². The van der Waals surface area contributed by atoms with E-state index in [9.17, 15) is 14.4 Å². The fraction of sp³-hybridized carbons (Fsp3) is 0.206. The van der Waals surface area contributed by atoms with Gasteiger partial charge in [0.25, 0.3) is 17.6 Å². The molecule has 0 aromatic heterocycles. The summed E-state index contributed by atoms with van der Waals surface area (Å²) < 4.78 is 12.1. The topological polar surface area (TPSA) is 88.2 Å². The van der Waals surface area contributed by atoms with Crippen LogP contribution in [0.3, 0.4) is 0 Å². The zero-order valence-electron chi connectivity index (χ0n) is 24.1. The van der Waals surface area contributed by atoms with Crippen LogP contribution in [0.1, 0.15) is 34.0 Å². The Kier molecular flexibility index (Phi) is 9.05. The number of ether oxygens (including phenoxy) is 2. The van der Waals surface area contributed by atoms with Crippen molar-refractivity contribution in [1.82, 2.24) is 5.32 Å². The third-order valence-electron chi connectivity index (χ3n) is 7.59. The molecule has 5 rings (SSSR count). The van der Waals surface area contributed by atoms with E-state index in [1.807, 2.05) is 66.7 Å². The minimum atomic E-state index is -1.72. The van der Waals surface area contributed by atoms with Gasteiger partial charge in [-0.2, -0.15) is 0 Å². The molecule has 0 saturated heterocycles. The molecule has 1 aliphatic heterocycles. The molecular weight excluding hydrogens is 610 g/mol. The normalized spacial score (nSPS) is 14.2. The number of hydrogen-bond donors (Lipinski definition) is 1. The van der Waals surface area contributed by atoms with Crippen molar-refractivity contribution in [1.29, 1.82) is 0 Å². The number of carbonyl (C=O) groups is 3. The Morgan fingerprint density at radius 2 is 1.49 bits per heavy atom. The number of rotatable bonds is 10. The molecule has 0 aliphatic carbocycles. The second-order valence-electron chi connectivity index (χ2n) is 10.1. The van der Waals surface area contributed by atoms with Gasteiger partial charge in [0.05, 0.1) is 17.8 Å². The van der Waals surface area contributed by atoms with E-state index in [0.717, 1.165) is 11.1 Å². The average molecular weight is 643 g/mol. The number of amides is 3. The van der Waals surface area contributed by atoms with E-state index in [1.165, 1.54) is 19.1 Å². The van der Waals surface area contributed by atoms with Gasteiger partial charge in [-0.3, -0.25) is 19.3 Å². The Hall–Kier alpha value is -4.31. The highest BCUT2D eigenvalue weighted by atomic mass is 79.9. The summed E-state index contributed by atoms with van der Waals surface area (Å²) in [5.74, 6) is -2.83. The smallest absolute Gasteiger partial charge is 0.292 e. The molecule has 8 nitrogen and oxygen atoms in total. The van der Waals surface area contributed by atoms with Gasteiger partial charge in [-0.05, 0) is 64.3 Å². The van der Waals surface area contributed by atoms with Crippen LogP contribution in [0, 0.1) is 0 Å². The number of benzene rings is 4. The predicted molar refractivity (Wildman–Crippen MR) is 168 cm³/mol. The monoisotopic (exact) mass is 641 g/mol. The summed E-state index contributed by atoms with van der Waals surface area (Å²) in [7, 11) is 2.82. The van der Waals surface area contributed by atoms with Crippen LogP contribution in [0.4, 0.5) is 11.4 Å². The minimum Gasteiger partial charge on any atom is -0.350 e. The Labute approximate surface area is 259 Å². The molecule has 0 saturated carbocycles. The maximum atomic E-state index is 14.1. The first-order valence-electron chi connectivity index (χ1n) is 13.8. The lowest BCUT2D eigenvalue weighted by atomic mass is 10.0. The van der Waals surface area contributed by atoms with Crippen molar-refractivity contribution in [2.75, 3.05) is 24.0 Å². The van der Waals surface area contributed by atoms with Crippen molar-refractivity contribution < 1.29 is 23.9 Å². The van der Waals surface area contributed by atoms with Crippen LogP contribution in [-0.4, -0.2) is 38.0 Å². The zero-order valence-corrected chi connectivity index (χ0v) is 25.7. The Morgan fingerprint density at radius 1 is 0.884 bits per heavy atom. The van der Waals surface area contributed by atoms with Gasteiger partial charge in [-0.25, -0.2) is 0 Å². The number of halogens is 1. The number of hydrogen-bond acceptors (Lipinski definition) is 5. The lowest BCUT2D eigenvalue weighted by Gasteiger charge is -2.30. The van der Waals surface area contributed by atoms with Gasteiger partial charge >= 0.3 is 0 Å². The predicted octanol–water partition coefficient (Wildman–Crippen LogP) is 5.79. The van der Waals surface area contributed by atoms with Gasteiger partial charge in [-0.1, -0.05) is 72.8 Å². The summed E-state index contributed by atoms with van der Waals surface area (Å²) in [6, 6.07) is 30.5. The number of fused-ring (bicyclic) bond motifs is 1. The molecule has 0 spiro atoms. The highest BCUT2D eigenvalue weighted by molar-refractivity contribution is 9.10. The Bertz CT molecular complexity index is 1630. The third kappa shape index (κ3) is 5.84. The number of carbonyl (C=O) groups excluding carboxylic acids is 3. The molecule has 0 radical (unpaired) electrons. The van der Waals surface area contributed by atoms with Crippen LogP contribution in [0.25, 0.3) is 0 Å². The van der Waals surface area contributed by atoms with E-state index in [2.05, 4.69) is 21.2 Å². The molecule has 4 aromatic carbocycles. The second kappa shape index (κ2) is 12.9. The Morgan fingerprint density at radius 3 is 2.12 bits per heavy atom. The summed E-state index contributed by atoms with van der Waals surface area (Å²) in [5.41, 5.74) is 3.70. The highest BCUT2D eigenvalue weighted by Gasteiger charge is 2.53. The molecule has 3 amide bonds. The van der Waals surface area contributed by atoms with E-state index in [-0.39, 0.29) is 17.7 Å². The lowest BCUT2D eigenvalue weighted by molar-refractivity contribution is -0.209. The van der Waals surface area contributed by atoms with E-state index >= 15 is 0 Å². The third-order valence-corrected chi connectivity index (χ3v) is 8.28. The summed E-state index contributed by atoms with van der Waals surface area (Å²) in [6.45, 7) is 2.29. The summed E-state index contributed by atoms with van der Waals surface area (Å²) >= 11 is 3.48. The zero-order chi connectivity index (χ0) is 30.6. The molecule has 1 atom stereocenters. The molecule has 0 fully saturated rings. The summed E-state index contributed by atoms with van der Waals surface area (Å²) in [5, 5.41) is 2.95. The van der Waals surface area contributed by atoms with Crippen molar-refractivity contribution in [3.8, 4) is 0 Å². The lowest BCUT2D eigenvalue weighted by Crippen LogP contribution is -2.48. The van der Waals surface area contributed by atoms with Crippen LogP contribution in [0.2, 0.25) is 0 Å². The van der Waals surface area contributed by atoms with Crippen LogP contribution >= 0.6 is 15.9 Å². The Balaban J connectivity index is 1.56. The molecule has 43 heavy (non-hydrogen) atoms. The molecule has 1 aliphatic rings. The van der Waals surface area contributed by atoms with Gasteiger partial charge in [0.1, 0.15) is 6.04 Å². The van der Waals surface area contributed by atoms with Gasteiger partial charge < -0.3 is 19.7 Å². The van der Waals surface area contributed by atoms with Crippen LogP contribution in [0.5, 0.6) is 0 Å². The molecule has 1 heterocycles. The van der Waals surface area contributed by atoms with E-state index in [4.69, 9.17) is 9.47 Å². The van der Waals surface area contributed by atoms with E-state index in [0.29, 0.717) is 40.1 Å². The average Bonchev–Trinajstić information content (AvgIpc) is 3.27. The molecule has 220 valence electrons. The first kappa shape index (κ1) is 30.2. The SMILES string of the molecule is COC1(OC)C(=O)N(Cc2ccccc2)c2ccc(N(C(=O)c3ccccc3Br)C(C)C(=O)NCc3ccccc3)cc21. The molecule has 9 heteroatoms. The molecule has 4 aromatic rings. The first-order chi connectivity index (χ1) is 20.8. The number of nitrogens with zero attached hydrogens (tertiary/aromatic N) is 2. The second-order valence-corrected chi connectivity index (χ2v) is 11.0. The van der Waals surface area contributed by atoms with Crippen LogP contribution < -0.4 is 15.1 Å². The molecule has 1 N–H and O–H groups in total. The van der Waals surface area contributed by atoms with E-state index in [1.54, 1.807) is 48.2 Å². The maximum absolute atomic E-state index is 14.1. The van der Waals surface area contributed by atoms with Crippen molar-refractivity contribution in [2.45, 2.75) is 31.8 Å². The number of methoxy groups -OCH3 is 2. The maximum Gasteiger partial charge on any atom is 0.292 e. The fourth-order valence-corrected chi connectivity index (χ4v) is 5.76. The van der Waals surface area contributed by atoms with E-state index < -0.39 is 11.8 Å². The quantitative estimate of drug-likeness (QED) is 0.221. The fourth-order valence-electron chi connectivity index (χ4n) is 5.31. The largest absolute Gasteiger partial charge is 0.350 e. The van der Waals surface area contributed by atoms with Crippen molar-refractivity contribution in [3.05, 3.63) is 130 Å². The minimum absolute atomic E-state index is 0.304. The van der Waals surface area contributed by atoms with Gasteiger partial charge in [0.15, 0.2) is 0 Å². The molecule has 0 bridgehead atoms. The number of nitrogens with one attached hydrogen (secondary N) is 1. The molecular formula is C34H32BrN3O5. The first-order valence-corrected chi connectivity index (χ1v) is 14.6. The van der Waals surface area contributed by atoms with Crippen molar-refractivity contribution >= 4 is 45.0 Å². The van der Waals surface area contributed by atoms with Crippen molar-refractivity contribution in [2.24, 2.45) is 0 Å².